The monoisotopic (exact) mass is 274 g/mol. The van der Waals surface area contributed by atoms with Gasteiger partial charge >= 0.3 is 0 Å². The third-order valence-corrected chi connectivity index (χ3v) is 4.22. The Hall–Kier alpha value is -1.55. The van der Waals surface area contributed by atoms with Crippen LogP contribution >= 0.6 is 0 Å². The third kappa shape index (κ3) is 2.96. The lowest BCUT2D eigenvalue weighted by atomic mass is 10.0. The highest BCUT2D eigenvalue weighted by Gasteiger charge is 2.28. The molecule has 0 aliphatic carbocycles. The molecule has 2 aliphatic heterocycles. The predicted molar refractivity (Wildman–Crippen MR) is 78.8 cm³/mol. The summed E-state index contributed by atoms with van der Waals surface area (Å²) in [6.45, 7) is 4.91. The van der Waals surface area contributed by atoms with Crippen molar-refractivity contribution in [3.05, 3.63) is 30.3 Å². The first kappa shape index (κ1) is 13.4. The number of amides is 1. The molecule has 2 heterocycles. The number of para-hydroxylation sites is 1. The van der Waals surface area contributed by atoms with Crippen LogP contribution in [0.3, 0.4) is 0 Å². The maximum Gasteiger partial charge on any atom is 0.228 e. The molecule has 4 heteroatoms. The maximum absolute atomic E-state index is 12.4. The van der Waals surface area contributed by atoms with E-state index in [1.165, 1.54) is 5.69 Å². The summed E-state index contributed by atoms with van der Waals surface area (Å²) in [7, 11) is 0. The molecule has 1 amide bonds. The van der Waals surface area contributed by atoms with Crippen molar-refractivity contribution < 1.29 is 9.53 Å². The van der Waals surface area contributed by atoms with E-state index in [-0.39, 0.29) is 11.8 Å². The highest BCUT2D eigenvalue weighted by Crippen LogP contribution is 2.20. The van der Waals surface area contributed by atoms with E-state index < -0.39 is 0 Å². The van der Waals surface area contributed by atoms with Crippen molar-refractivity contribution in [2.24, 2.45) is 5.92 Å². The fourth-order valence-corrected chi connectivity index (χ4v) is 3.02. The first-order valence-electron chi connectivity index (χ1n) is 7.51. The molecule has 2 fully saturated rings. The van der Waals surface area contributed by atoms with Crippen molar-refractivity contribution in [2.75, 3.05) is 44.3 Å². The molecule has 1 atom stereocenters. The quantitative estimate of drug-likeness (QED) is 0.824. The number of hydrogen-bond acceptors (Lipinski definition) is 3. The van der Waals surface area contributed by atoms with Gasteiger partial charge in [0.2, 0.25) is 5.91 Å². The second-order valence-electron chi connectivity index (χ2n) is 5.56. The molecule has 1 unspecified atom stereocenters. The van der Waals surface area contributed by atoms with Gasteiger partial charge in [-0.1, -0.05) is 18.2 Å². The molecule has 2 saturated heterocycles. The van der Waals surface area contributed by atoms with Crippen molar-refractivity contribution >= 4 is 11.6 Å². The minimum absolute atomic E-state index is 0.0898. The molecule has 0 radical (unpaired) electrons. The van der Waals surface area contributed by atoms with E-state index in [0.29, 0.717) is 6.61 Å². The van der Waals surface area contributed by atoms with Gasteiger partial charge < -0.3 is 14.5 Å². The zero-order valence-corrected chi connectivity index (χ0v) is 11.8. The first-order chi connectivity index (χ1) is 9.84. The zero-order valence-electron chi connectivity index (χ0n) is 11.8. The first-order valence-corrected chi connectivity index (χ1v) is 7.51. The summed E-state index contributed by atoms with van der Waals surface area (Å²) in [5, 5.41) is 0. The number of carbonyl (C=O) groups is 1. The van der Waals surface area contributed by atoms with Crippen LogP contribution in [-0.4, -0.2) is 50.2 Å². The molecule has 0 bridgehead atoms. The molecular weight excluding hydrogens is 252 g/mol. The van der Waals surface area contributed by atoms with Crippen molar-refractivity contribution in [2.45, 2.75) is 12.8 Å². The van der Waals surface area contributed by atoms with Gasteiger partial charge in [0.15, 0.2) is 0 Å². The summed E-state index contributed by atoms with van der Waals surface area (Å²) in [5.74, 6) is 0.379. The average molecular weight is 274 g/mol. The lowest BCUT2D eigenvalue weighted by Crippen LogP contribution is -2.51. The summed E-state index contributed by atoms with van der Waals surface area (Å²) < 4.78 is 5.43. The lowest BCUT2D eigenvalue weighted by Gasteiger charge is -2.38. The molecule has 2 aliphatic rings. The Kier molecular flexibility index (Phi) is 4.21. The van der Waals surface area contributed by atoms with Gasteiger partial charge in [0.1, 0.15) is 0 Å². The molecule has 0 spiro atoms. The average Bonchev–Trinajstić information content (AvgIpc) is 2.56. The van der Waals surface area contributed by atoms with E-state index >= 15 is 0 Å². The number of anilines is 1. The lowest BCUT2D eigenvalue weighted by molar-refractivity contribution is -0.140. The summed E-state index contributed by atoms with van der Waals surface area (Å²) >= 11 is 0. The van der Waals surface area contributed by atoms with Gasteiger partial charge in [-0.25, -0.2) is 0 Å². The molecular formula is C16H22N2O2. The largest absolute Gasteiger partial charge is 0.381 e. The SMILES string of the molecule is O=C(C1CCCOC1)N1CCN(c2ccccc2)CC1. The summed E-state index contributed by atoms with van der Waals surface area (Å²) in [5.41, 5.74) is 1.25. The molecule has 3 rings (SSSR count). The van der Waals surface area contributed by atoms with E-state index in [0.717, 1.165) is 45.6 Å². The summed E-state index contributed by atoms with van der Waals surface area (Å²) in [6.07, 6.45) is 2.00. The maximum atomic E-state index is 12.4. The molecule has 20 heavy (non-hydrogen) atoms. The number of rotatable bonds is 2. The van der Waals surface area contributed by atoms with Gasteiger partial charge in [-0.3, -0.25) is 4.79 Å². The van der Waals surface area contributed by atoms with Crippen LogP contribution in [0.25, 0.3) is 0 Å². The Morgan fingerprint density at radius 3 is 2.50 bits per heavy atom. The van der Waals surface area contributed by atoms with Crippen LogP contribution in [0.4, 0.5) is 5.69 Å². The fourth-order valence-electron chi connectivity index (χ4n) is 3.02. The van der Waals surface area contributed by atoms with E-state index in [1.54, 1.807) is 0 Å². The van der Waals surface area contributed by atoms with E-state index in [1.807, 2.05) is 11.0 Å². The Morgan fingerprint density at radius 2 is 1.85 bits per heavy atom. The smallest absolute Gasteiger partial charge is 0.228 e. The Bertz CT molecular complexity index is 435. The highest BCUT2D eigenvalue weighted by atomic mass is 16.5. The Balaban J connectivity index is 1.54. The molecule has 4 nitrogen and oxygen atoms in total. The van der Waals surface area contributed by atoms with Crippen molar-refractivity contribution in [3.63, 3.8) is 0 Å². The van der Waals surface area contributed by atoms with Crippen LogP contribution in [0.5, 0.6) is 0 Å². The topological polar surface area (TPSA) is 32.8 Å². The van der Waals surface area contributed by atoms with E-state index in [4.69, 9.17) is 4.74 Å². The minimum Gasteiger partial charge on any atom is -0.381 e. The molecule has 1 aromatic carbocycles. The van der Waals surface area contributed by atoms with E-state index in [9.17, 15) is 4.79 Å². The minimum atomic E-state index is 0.0898. The van der Waals surface area contributed by atoms with E-state index in [2.05, 4.69) is 29.2 Å². The van der Waals surface area contributed by atoms with Crippen LogP contribution in [-0.2, 0) is 9.53 Å². The van der Waals surface area contributed by atoms with Gasteiger partial charge in [0.25, 0.3) is 0 Å². The molecule has 1 aromatic rings. The standard InChI is InChI=1S/C16H22N2O2/c19-16(14-5-4-12-20-13-14)18-10-8-17(9-11-18)15-6-2-1-3-7-15/h1-3,6-7,14H,4-5,8-13H2. The van der Waals surface area contributed by atoms with Gasteiger partial charge in [0, 0.05) is 38.5 Å². The van der Waals surface area contributed by atoms with Crippen molar-refractivity contribution in [3.8, 4) is 0 Å². The number of ether oxygens (including phenoxy) is 1. The fraction of sp³-hybridized carbons (Fsp3) is 0.562. The van der Waals surface area contributed by atoms with Gasteiger partial charge in [-0.15, -0.1) is 0 Å². The number of carbonyl (C=O) groups excluding carboxylic acids is 1. The van der Waals surface area contributed by atoms with Crippen LogP contribution in [0.2, 0.25) is 0 Å². The van der Waals surface area contributed by atoms with Crippen molar-refractivity contribution in [1.82, 2.24) is 4.90 Å². The second kappa shape index (κ2) is 6.27. The normalized spacial score (nSPS) is 23.7. The van der Waals surface area contributed by atoms with Gasteiger partial charge in [0.05, 0.1) is 12.5 Å². The number of piperazine rings is 1. The molecule has 0 aromatic heterocycles. The summed E-state index contributed by atoms with van der Waals surface area (Å²) in [6, 6.07) is 10.4. The number of nitrogens with zero attached hydrogens (tertiary/aromatic N) is 2. The van der Waals surface area contributed by atoms with Crippen LogP contribution in [0.1, 0.15) is 12.8 Å². The van der Waals surface area contributed by atoms with Gasteiger partial charge in [-0.2, -0.15) is 0 Å². The molecule has 108 valence electrons. The van der Waals surface area contributed by atoms with Crippen molar-refractivity contribution in [1.29, 1.82) is 0 Å². The van der Waals surface area contributed by atoms with Crippen LogP contribution in [0, 0.1) is 5.92 Å². The number of hydrogen-bond donors (Lipinski definition) is 0. The third-order valence-electron chi connectivity index (χ3n) is 4.22. The zero-order chi connectivity index (χ0) is 13.8. The van der Waals surface area contributed by atoms with Gasteiger partial charge in [-0.05, 0) is 25.0 Å². The molecule has 0 N–H and O–H groups in total. The summed E-state index contributed by atoms with van der Waals surface area (Å²) in [4.78, 5) is 16.8. The second-order valence-corrected chi connectivity index (χ2v) is 5.56. The Labute approximate surface area is 120 Å². The Morgan fingerprint density at radius 1 is 1.10 bits per heavy atom. The highest BCUT2D eigenvalue weighted by molar-refractivity contribution is 5.79. The van der Waals surface area contributed by atoms with Crippen LogP contribution < -0.4 is 4.90 Å². The predicted octanol–water partition coefficient (Wildman–Crippen LogP) is 1.76. The van der Waals surface area contributed by atoms with Crippen LogP contribution in [0.15, 0.2) is 30.3 Å². The molecule has 0 saturated carbocycles. The number of benzene rings is 1.